The standard InChI is InChI=1S/C14H15IN2O3/c1-2-19-12(8-3-4-8)13-16-14(20-17-13)10-7-9(15)5-6-11(10)18/h5-8,12,18H,2-4H2,1H3. The highest BCUT2D eigenvalue weighted by molar-refractivity contribution is 14.1. The predicted molar refractivity (Wildman–Crippen MR) is 81.2 cm³/mol. The van der Waals surface area contributed by atoms with Gasteiger partial charge in [-0.1, -0.05) is 5.16 Å². The summed E-state index contributed by atoms with van der Waals surface area (Å²) >= 11 is 2.18. The molecule has 1 fully saturated rings. The number of hydrogen-bond donors (Lipinski definition) is 1. The molecule has 0 saturated heterocycles. The summed E-state index contributed by atoms with van der Waals surface area (Å²) in [7, 11) is 0. The number of ether oxygens (including phenoxy) is 1. The van der Waals surface area contributed by atoms with Crippen molar-refractivity contribution in [1.82, 2.24) is 10.1 Å². The van der Waals surface area contributed by atoms with Gasteiger partial charge in [-0.05, 0) is 66.5 Å². The van der Waals surface area contributed by atoms with Gasteiger partial charge in [0.1, 0.15) is 11.9 Å². The molecule has 1 heterocycles. The molecule has 6 heteroatoms. The van der Waals surface area contributed by atoms with Gasteiger partial charge in [-0.3, -0.25) is 0 Å². The number of hydrogen-bond acceptors (Lipinski definition) is 5. The van der Waals surface area contributed by atoms with Crippen molar-refractivity contribution in [3.63, 3.8) is 0 Å². The van der Waals surface area contributed by atoms with E-state index in [9.17, 15) is 5.11 Å². The third-order valence-electron chi connectivity index (χ3n) is 3.28. The Morgan fingerprint density at radius 3 is 3.00 bits per heavy atom. The number of phenolic OH excluding ortho intramolecular Hbond substituents is 1. The zero-order valence-corrected chi connectivity index (χ0v) is 13.2. The minimum atomic E-state index is -0.0950. The fourth-order valence-electron chi connectivity index (χ4n) is 2.14. The second-order valence-corrected chi connectivity index (χ2v) is 6.08. The maximum atomic E-state index is 9.90. The van der Waals surface area contributed by atoms with Gasteiger partial charge in [0, 0.05) is 10.2 Å². The molecule has 5 nitrogen and oxygen atoms in total. The Morgan fingerprint density at radius 1 is 1.50 bits per heavy atom. The summed E-state index contributed by atoms with van der Waals surface area (Å²) in [5.41, 5.74) is 0.557. The molecule has 106 valence electrons. The molecular weight excluding hydrogens is 371 g/mol. The molecular formula is C14H15IN2O3. The van der Waals surface area contributed by atoms with Crippen LogP contribution in [-0.2, 0) is 4.74 Å². The van der Waals surface area contributed by atoms with E-state index in [2.05, 4.69) is 32.7 Å². The van der Waals surface area contributed by atoms with Crippen LogP contribution in [0.3, 0.4) is 0 Å². The van der Waals surface area contributed by atoms with Crippen molar-refractivity contribution in [2.75, 3.05) is 6.61 Å². The van der Waals surface area contributed by atoms with Crippen LogP contribution in [-0.4, -0.2) is 21.9 Å². The maximum absolute atomic E-state index is 9.90. The topological polar surface area (TPSA) is 68.4 Å². The molecule has 0 spiro atoms. The van der Waals surface area contributed by atoms with E-state index in [1.165, 1.54) is 0 Å². The van der Waals surface area contributed by atoms with Gasteiger partial charge in [0.05, 0.1) is 5.56 Å². The Bertz CT molecular complexity index is 610. The molecule has 20 heavy (non-hydrogen) atoms. The number of nitrogens with zero attached hydrogens (tertiary/aromatic N) is 2. The number of aromatic hydroxyl groups is 1. The lowest BCUT2D eigenvalue weighted by molar-refractivity contribution is 0.0385. The summed E-state index contributed by atoms with van der Waals surface area (Å²) in [6.45, 7) is 2.58. The Hall–Kier alpha value is -1.15. The first-order valence-corrected chi connectivity index (χ1v) is 7.71. The molecule has 0 aliphatic heterocycles. The van der Waals surface area contributed by atoms with Crippen molar-refractivity contribution in [3.05, 3.63) is 27.6 Å². The molecule has 1 aromatic heterocycles. The van der Waals surface area contributed by atoms with E-state index in [1.54, 1.807) is 6.07 Å². The summed E-state index contributed by atoms with van der Waals surface area (Å²) in [6.07, 6.45) is 2.19. The van der Waals surface area contributed by atoms with Crippen LogP contribution in [0, 0.1) is 9.49 Å². The quantitative estimate of drug-likeness (QED) is 0.797. The Morgan fingerprint density at radius 2 is 2.30 bits per heavy atom. The summed E-state index contributed by atoms with van der Waals surface area (Å²) in [5, 5.41) is 13.9. The predicted octanol–water partition coefficient (Wildman–Crippen LogP) is 3.53. The monoisotopic (exact) mass is 386 g/mol. The van der Waals surface area contributed by atoms with Crippen LogP contribution < -0.4 is 0 Å². The summed E-state index contributed by atoms with van der Waals surface area (Å²) < 4.78 is 12.0. The van der Waals surface area contributed by atoms with Crippen LogP contribution in [0.1, 0.15) is 31.7 Å². The van der Waals surface area contributed by atoms with Gasteiger partial charge in [0.15, 0.2) is 0 Å². The zero-order valence-electron chi connectivity index (χ0n) is 11.0. The summed E-state index contributed by atoms with van der Waals surface area (Å²) in [5.74, 6) is 1.54. The molecule has 0 amide bonds. The van der Waals surface area contributed by atoms with Crippen molar-refractivity contribution in [3.8, 4) is 17.2 Å². The molecule has 0 bridgehead atoms. The Balaban J connectivity index is 1.90. The first kappa shape index (κ1) is 13.8. The smallest absolute Gasteiger partial charge is 0.261 e. The minimum absolute atomic E-state index is 0.0950. The third kappa shape index (κ3) is 2.80. The van der Waals surface area contributed by atoms with Gasteiger partial charge >= 0.3 is 0 Å². The number of aromatic nitrogens is 2. The summed E-state index contributed by atoms with van der Waals surface area (Å²) in [6, 6.07) is 5.27. The molecule has 1 N–H and O–H groups in total. The van der Waals surface area contributed by atoms with E-state index in [0.717, 1.165) is 16.4 Å². The molecule has 1 atom stereocenters. The molecule has 1 saturated carbocycles. The average Bonchev–Trinajstić information content (AvgIpc) is 3.16. The number of rotatable bonds is 5. The lowest BCUT2D eigenvalue weighted by Gasteiger charge is -2.11. The van der Waals surface area contributed by atoms with Crippen molar-refractivity contribution in [2.24, 2.45) is 5.92 Å². The normalized spacial score (nSPS) is 16.3. The van der Waals surface area contributed by atoms with Crippen LogP contribution in [0.2, 0.25) is 0 Å². The SMILES string of the molecule is CCOC(c1noc(-c2cc(I)ccc2O)n1)C1CC1. The third-order valence-corrected chi connectivity index (χ3v) is 3.95. The van der Waals surface area contributed by atoms with Crippen molar-refractivity contribution in [2.45, 2.75) is 25.9 Å². The molecule has 0 radical (unpaired) electrons. The molecule has 1 aromatic carbocycles. The number of phenols is 1. The lowest BCUT2D eigenvalue weighted by atomic mass is 10.2. The van der Waals surface area contributed by atoms with Gasteiger partial charge < -0.3 is 14.4 Å². The summed E-state index contributed by atoms with van der Waals surface area (Å²) in [4.78, 5) is 4.40. The van der Waals surface area contributed by atoms with E-state index < -0.39 is 0 Å². The van der Waals surface area contributed by atoms with Crippen LogP contribution in [0.15, 0.2) is 22.7 Å². The highest BCUT2D eigenvalue weighted by Gasteiger charge is 2.36. The average molecular weight is 386 g/mol. The van der Waals surface area contributed by atoms with Crippen LogP contribution in [0.5, 0.6) is 5.75 Å². The second kappa shape index (κ2) is 5.69. The Kier molecular flexibility index (Phi) is 3.93. The first-order chi connectivity index (χ1) is 9.69. The van der Waals surface area contributed by atoms with Gasteiger partial charge in [-0.15, -0.1) is 0 Å². The zero-order chi connectivity index (χ0) is 14.1. The lowest BCUT2D eigenvalue weighted by Crippen LogP contribution is -2.08. The van der Waals surface area contributed by atoms with E-state index in [-0.39, 0.29) is 11.9 Å². The molecule has 2 aromatic rings. The van der Waals surface area contributed by atoms with Crippen LogP contribution >= 0.6 is 22.6 Å². The fraction of sp³-hybridized carbons (Fsp3) is 0.429. The van der Waals surface area contributed by atoms with Crippen molar-refractivity contribution >= 4 is 22.6 Å². The molecule has 1 unspecified atom stereocenters. The molecule has 1 aliphatic rings. The van der Waals surface area contributed by atoms with Crippen molar-refractivity contribution < 1.29 is 14.4 Å². The van der Waals surface area contributed by atoms with Gasteiger partial charge in [0.25, 0.3) is 5.89 Å². The largest absolute Gasteiger partial charge is 0.507 e. The molecule has 1 aliphatic carbocycles. The highest BCUT2D eigenvalue weighted by atomic mass is 127. The van der Waals surface area contributed by atoms with Gasteiger partial charge in [-0.25, -0.2) is 0 Å². The minimum Gasteiger partial charge on any atom is -0.507 e. The fourth-order valence-corrected chi connectivity index (χ4v) is 2.63. The van der Waals surface area contributed by atoms with Crippen LogP contribution in [0.4, 0.5) is 0 Å². The van der Waals surface area contributed by atoms with E-state index in [1.807, 2.05) is 19.1 Å². The molecule has 3 rings (SSSR count). The van der Waals surface area contributed by atoms with Crippen molar-refractivity contribution in [1.29, 1.82) is 0 Å². The van der Waals surface area contributed by atoms with Gasteiger partial charge in [0.2, 0.25) is 5.82 Å². The van der Waals surface area contributed by atoms with Crippen LogP contribution in [0.25, 0.3) is 11.5 Å². The number of halogens is 1. The second-order valence-electron chi connectivity index (χ2n) is 4.83. The maximum Gasteiger partial charge on any atom is 0.261 e. The van der Waals surface area contributed by atoms with E-state index in [0.29, 0.717) is 29.8 Å². The number of benzene rings is 1. The van der Waals surface area contributed by atoms with E-state index in [4.69, 9.17) is 9.26 Å². The highest BCUT2D eigenvalue weighted by Crippen LogP contribution is 2.43. The van der Waals surface area contributed by atoms with Gasteiger partial charge in [-0.2, -0.15) is 4.98 Å². The first-order valence-electron chi connectivity index (χ1n) is 6.63. The Labute approximate surface area is 130 Å². The van der Waals surface area contributed by atoms with E-state index >= 15 is 0 Å².